The molecule has 0 N–H and O–H groups in total. The van der Waals surface area contributed by atoms with Crippen molar-refractivity contribution in [1.29, 1.82) is 0 Å². The molecule has 0 fully saturated rings. The molecule has 0 radical (unpaired) electrons. The lowest BCUT2D eigenvalue weighted by Gasteiger charge is -2.07. The Morgan fingerprint density at radius 3 is 2.62 bits per heavy atom. The first-order valence-electron chi connectivity index (χ1n) is 8.82. The summed E-state index contributed by atoms with van der Waals surface area (Å²) in [6.45, 7) is 2.79. The maximum Gasteiger partial charge on any atom is 0.247 e. The highest BCUT2D eigenvalue weighted by molar-refractivity contribution is 7.98. The number of pyridine rings is 1. The first-order valence-corrected chi connectivity index (χ1v) is 10.2. The van der Waals surface area contributed by atoms with E-state index in [9.17, 15) is 0 Å². The van der Waals surface area contributed by atoms with Gasteiger partial charge in [0.25, 0.3) is 0 Å². The van der Waals surface area contributed by atoms with Crippen LogP contribution in [0.3, 0.4) is 0 Å². The number of methoxy groups -OCH3 is 1. The predicted molar refractivity (Wildman–Crippen MR) is 110 cm³/mol. The second-order valence-corrected chi connectivity index (χ2v) is 7.27. The molecule has 0 aliphatic heterocycles. The minimum atomic E-state index is 0.374. The molecule has 3 aromatic heterocycles. The molecule has 3 heterocycles. The number of halogens is 1. The number of nitrogens with zero attached hydrogens (tertiary/aromatic N) is 6. The Bertz CT molecular complexity index is 1110. The van der Waals surface area contributed by atoms with Crippen LogP contribution >= 0.6 is 23.4 Å². The van der Waals surface area contributed by atoms with E-state index in [1.54, 1.807) is 25.4 Å². The van der Waals surface area contributed by atoms with E-state index in [-0.39, 0.29) is 0 Å². The summed E-state index contributed by atoms with van der Waals surface area (Å²) in [6, 6.07) is 11.2. The molecule has 0 aliphatic carbocycles. The molecule has 0 saturated carbocycles. The van der Waals surface area contributed by atoms with Crippen LogP contribution in [0.5, 0.6) is 5.75 Å². The van der Waals surface area contributed by atoms with E-state index in [0.717, 1.165) is 34.4 Å². The van der Waals surface area contributed by atoms with Gasteiger partial charge in [0.1, 0.15) is 10.9 Å². The largest absolute Gasteiger partial charge is 0.497 e. The molecule has 1 aromatic carbocycles. The molecule has 148 valence electrons. The van der Waals surface area contributed by atoms with Gasteiger partial charge in [-0.25, -0.2) is 4.98 Å². The van der Waals surface area contributed by atoms with Crippen molar-refractivity contribution in [2.75, 3.05) is 7.11 Å². The topological polar surface area (TPSA) is 91.8 Å². The number of hydrogen-bond donors (Lipinski definition) is 0. The zero-order valence-corrected chi connectivity index (χ0v) is 17.3. The summed E-state index contributed by atoms with van der Waals surface area (Å²) in [7, 11) is 1.64. The molecule has 4 aromatic rings. The van der Waals surface area contributed by atoms with Crippen LogP contribution in [-0.4, -0.2) is 37.1 Å². The van der Waals surface area contributed by atoms with Gasteiger partial charge in [0.2, 0.25) is 11.8 Å². The van der Waals surface area contributed by atoms with Gasteiger partial charge >= 0.3 is 0 Å². The predicted octanol–water partition coefficient (Wildman–Crippen LogP) is 4.36. The van der Waals surface area contributed by atoms with Crippen LogP contribution in [0.15, 0.2) is 52.2 Å². The highest BCUT2D eigenvalue weighted by Gasteiger charge is 2.15. The SMILES string of the molecule is CCn1c(SCc2nnc(-c3ccnc(Cl)c3)o2)nnc1-c1ccc(OC)cc1. The quantitative estimate of drug-likeness (QED) is 0.316. The van der Waals surface area contributed by atoms with Gasteiger partial charge in [0.15, 0.2) is 11.0 Å². The highest BCUT2D eigenvalue weighted by atomic mass is 35.5. The van der Waals surface area contributed by atoms with Gasteiger partial charge in [-0.2, -0.15) is 0 Å². The Kier molecular flexibility index (Phi) is 5.77. The van der Waals surface area contributed by atoms with E-state index >= 15 is 0 Å². The lowest BCUT2D eigenvalue weighted by Crippen LogP contribution is -2.00. The van der Waals surface area contributed by atoms with E-state index in [1.807, 2.05) is 28.8 Å². The lowest BCUT2D eigenvalue weighted by molar-refractivity contribution is 0.415. The molecule has 0 saturated heterocycles. The number of hydrogen-bond acceptors (Lipinski definition) is 8. The van der Waals surface area contributed by atoms with E-state index in [2.05, 4.69) is 32.3 Å². The van der Waals surface area contributed by atoms with E-state index in [1.165, 1.54) is 11.8 Å². The van der Waals surface area contributed by atoms with Gasteiger partial charge in [-0.05, 0) is 43.3 Å². The van der Waals surface area contributed by atoms with E-state index in [0.29, 0.717) is 22.7 Å². The first kappa shape index (κ1) is 19.4. The number of ether oxygens (including phenoxy) is 1. The Labute approximate surface area is 176 Å². The molecule has 0 aliphatic rings. The molecule has 0 amide bonds. The van der Waals surface area contributed by atoms with Crippen molar-refractivity contribution in [2.24, 2.45) is 0 Å². The van der Waals surface area contributed by atoms with Gasteiger partial charge in [-0.3, -0.25) is 0 Å². The molecule has 4 rings (SSSR count). The summed E-state index contributed by atoms with van der Waals surface area (Å²) >= 11 is 7.41. The third-order valence-electron chi connectivity index (χ3n) is 4.15. The number of benzene rings is 1. The summed E-state index contributed by atoms with van der Waals surface area (Å²) in [5, 5.41) is 18.0. The molecule has 0 spiro atoms. The van der Waals surface area contributed by atoms with Crippen LogP contribution in [0, 0.1) is 0 Å². The average Bonchev–Trinajstić information content (AvgIpc) is 3.39. The van der Waals surface area contributed by atoms with Crippen molar-refractivity contribution in [2.45, 2.75) is 24.4 Å². The fraction of sp³-hybridized carbons (Fsp3) is 0.211. The standard InChI is InChI=1S/C19H17ClN6O2S/c1-3-26-17(12-4-6-14(27-2)7-5-12)23-25-19(26)29-11-16-22-24-18(28-16)13-8-9-21-15(20)10-13/h4-10H,3,11H2,1-2H3. The second-order valence-electron chi connectivity index (χ2n) is 5.94. The van der Waals surface area contributed by atoms with Crippen molar-refractivity contribution in [3.8, 4) is 28.6 Å². The third kappa shape index (κ3) is 4.25. The minimum Gasteiger partial charge on any atom is -0.497 e. The van der Waals surface area contributed by atoms with Gasteiger partial charge in [-0.1, -0.05) is 23.4 Å². The fourth-order valence-corrected chi connectivity index (χ4v) is 3.74. The maximum atomic E-state index is 5.92. The summed E-state index contributed by atoms with van der Waals surface area (Å²) in [6.07, 6.45) is 1.60. The molecular weight excluding hydrogens is 412 g/mol. The summed E-state index contributed by atoms with van der Waals surface area (Å²) in [4.78, 5) is 3.95. The molecule has 0 bridgehead atoms. The Balaban J connectivity index is 1.50. The van der Waals surface area contributed by atoms with Gasteiger partial charge in [-0.15, -0.1) is 20.4 Å². The normalized spacial score (nSPS) is 11.0. The van der Waals surface area contributed by atoms with Crippen LogP contribution < -0.4 is 4.74 Å². The van der Waals surface area contributed by atoms with Crippen molar-refractivity contribution in [1.82, 2.24) is 29.9 Å². The molecule has 0 unspecified atom stereocenters. The molecule has 29 heavy (non-hydrogen) atoms. The van der Waals surface area contributed by atoms with Crippen LogP contribution in [-0.2, 0) is 12.3 Å². The fourth-order valence-electron chi connectivity index (χ4n) is 2.72. The molecule has 8 nitrogen and oxygen atoms in total. The molecule has 0 atom stereocenters. The number of rotatable bonds is 7. The second kappa shape index (κ2) is 8.62. The van der Waals surface area contributed by atoms with Gasteiger partial charge in [0.05, 0.1) is 12.9 Å². The Morgan fingerprint density at radius 2 is 1.90 bits per heavy atom. The number of thioether (sulfide) groups is 1. The first-order chi connectivity index (χ1) is 14.2. The van der Waals surface area contributed by atoms with Gasteiger partial charge < -0.3 is 13.7 Å². The number of aromatic nitrogens is 6. The molecular formula is C19H17ClN6O2S. The molecule has 10 heteroatoms. The van der Waals surface area contributed by atoms with Crippen molar-refractivity contribution >= 4 is 23.4 Å². The van der Waals surface area contributed by atoms with Crippen LogP contribution in [0.4, 0.5) is 0 Å². The smallest absolute Gasteiger partial charge is 0.247 e. The van der Waals surface area contributed by atoms with E-state index < -0.39 is 0 Å². The zero-order chi connectivity index (χ0) is 20.2. The van der Waals surface area contributed by atoms with Crippen molar-refractivity contribution < 1.29 is 9.15 Å². The highest BCUT2D eigenvalue weighted by Crippen LogP contribution is 2.28. The summed E-state index contributed by atoms with van der Waals surface area (Å²) in [5.41, 5.74) is 1.70. The van der Waals surface area contributed by atoms with Gasteiger partial charge in [0, 0.05) is 23.9 Å². The third-order valence-corrected chi connectivity index (χ3v) is 5.30. The van der Waals surface area contributed by atoms with Crippen molar-refractivity contribution in [3.05, 3.63) is 53.6 Å². The monoisotopic (exact) mass is 428 g/mol. The van der Waals surface area contributed by atoms with E-state index in [4.69, 9.17) is 20.8 Å². The minimum absolute atomic E-state index is 0.374. The Hall–Kier alpha value is -2.91. The van der Waals surface area contributed by atoms with Crippen LogP contribution in [0.1, 0.15) is 12.8 Å². The maximum absolute atomic E-state index is 5.92. The lowest BCUT2D eigenvalue weighted by atomic mass is 10.2. The summed E-state index contributed by atoms with van der Waals surface area (Å²) < 4.78 is 13.0. The van der Waals surface area contributed by atoms with Crippen molar-refractivity contribution in [3.63, 3.8) is 0 Å². The Morgan fingerprint density at radius 1 is 1.07 bits per heavy atom. The van der Waals surface area contributed by atoms with Crippen LogP contribution in [0.2, 0.25) is 5.15 Å². The summed E-state index contributed by atoms with van der Waals surface area (Å²) in [5.74, 6) is 2.98. The van der Waals surface area contributed by atoms with Crippen LogP contribution in [0.25, 0.3) is 22.8 Å². The zero-order valence-electron chi connectivity index (χ0n) is 15.7. The average molecular weight is 429 g/mol.